The number of hydrogen-bond donors (Lipinski definition) is 1. The van der Waals surface area contributed by atoms with Gasteiger partial charge < -0.3 is 9.30 Å². The minimum Gasteiger partial charge on any atom is -0.464 e. The van der Waals surface area contributed by atoms with Gasteiger partial charge in [-0.3, -0.25) is 10.1 Å². The molecule has 0 aliphatic heterocycles. The highest BCUT2D eigenvalue weighted by Gasteiger charge is 2.20. The summed E-state index contributed by atoms with van der Waals surface area (Å²) < 4.78 is 7.65. The van der Waals surface area contributed by atoms with Crippen molar-refractivity contribution >= 4 is 41.0 Å². The molecule has 0 radical (unpaired) electrons. The van der Waals surface area contributed by atoms with Gasteiger partial charge in [-0.1, -0.05) is 34.5 Å². The van der Waals surface area contributed by atoms with Gasteiger partial charge in [0.25, 0.3) is 5.91 Å². The minimum atomic E-state index is -0.556. The van der Waals surface area contributed by atoms with Gasteiger partial charge in [0, 0.05) is 7.05 Å². The molecule has 3 aromatic rings. The van der Waals surface area contributed by atoms with Gasteiger partial charge in [0.2, 0.25) is 5.95 Å². The summed E-state index contributed by atoms with van der Waals surface area (Å²) in [6, 6.07) is 5.24. The Kier molecular flexibility index (Phi) is 5.66. The Morgan fingerprint density at radius 3 is 2.68 bits per heavy atom. The molecule has 0 spiro atoms. The molecule has 2 heterocycles. The molecule has 0 aliphatic carbocycles. The Hall–Kier alpha value is -2.91. The van der Waals surface area contributed by atoms with Crippen LogP contribution in [0, 0.1) is 6.92 Å². The third-order valence-corrected chi connectivity index (χ3v) is 4.86. The molecule has 3 rings (SSSR count). The lowest BCUT2D eigenvalue weighted by Gasteiger charge is -2.07. The molecule has 1 N–H and O–H groups in total. The van der Waals surface area contributed by atoms with Crippen LogP contribution in [-0.4, -0.2) is 43.5 Å². The summed E-state index contributed by atoms with van der Waals surface area (Å²) in [4.78, 5) is 28.2. The first kappa shape index (κ1) is 19.8. The molecule has 0 bridgehead atoms. The second-order valence-corrected chi connectivity index (χ2v) is 6.72. The third kappa shape index (κ3) is 3.85. The topological polar surface area (TPSA) is 104 Å². The SMILES string of the molecule is COC(=O)c1cnc(NC(=O)c2nnn(Cc3ccc(Cl)c(Cl)c3)c2C)n1C. The zero-order chi connectivity index (χ0) is 20.4. The first-order valence-electron chi connectivity index (χ1n) is 8.07. The molecule has 0 saturated carbocycles. The van der Waals surface area contributed by atoms with Crippen LogP contribution in [0.25, 0.3) is 0 Å². The largest absolute Gasteiger partial charge is 0.464 e. The van der Waals surface area contributed by atoms with E-state index < -0.39 is 11.9 Å². The van der Waals surface area contributed by atoms with Crippen molar-refractivity contribution in [3.05, 3.63) is 57.1 Å². The summed E-state index contributed by atoms with van der Waals surface area (Å²) in [5, 5.41) is 11.5. The Balaban J connectivity index is 1.78. The van der Waals surface area contributed by atoms with Crippen LogP contribution in [0.5, 0.6) is 0 Å². The fourth-order valence-electron chi connectivity index (χ4n) is 2.51. The summed E-state index contributed by atoms with van der Waals surface area (Å²) >= 11 is 12.0. The van der Waals surface area contributed by atoms with Crippen LogP contribution in [-0.2, 0) is 18.3 Å². The quantitative estimate of drug-likeness (QED) is 0.633. The highest BCUT2D eigenvalue weighted by atomic mass is 35.5. The van der Waals surface area contributed by atoms with E-state index in [0.29, 0.717) is 22.3 Å². The molecule has 9 nitrogen and oxygen atoms in total. The number of benzene rings is 1. The molecule has 11 heteroatoms. The number of hydrogen-bond acceptors (Lipinski definition) is 6. The van der Waals surface area contributed by atoms with Crippen molar-refractivity contribution < 1.29 is 14.3 Å². The monoisotopic (exact) mass is 422 g/mol. The fraction of sp³-hybridized carbons (Fsp3) is 0.235. The van der Waals surface area contributed by atoms with Gasteiger partial charge in [-0.15, -0.1) is 5.10 Å². The van der Waals surface area contributed by atoms with Gasteiger partial charge in [0.05, 0.1) is 35.6 Å². The number of methoxy groups -OCH3 is 1. The number of carbonyl (C=O) groups excluding carboxylic acids is 2. The van der Waals surface area contributed by atoms with Crippen LogP contribution >= 0.6 is 23.2 Å². The molecule has 0 fully saturated rings. The Morgan fingerprint density at radius 2 is 2.00 bits per heavy atom. The van der Waals surface area contributed by atoms with E-state index in [1.165, 1.54) is 17.9 Å². The zero-order valence-electron chi connectivity index (χ0n) is 15.2. The number of ether oxygens (including phenoxy) is 1. The normalized spacial score (nSPS) is 10.8. The molecule has 0 atom stereocenters. The molecular formula is C17H16Cl2N6O3. The number of imidazole rings is 1. The number of aromatic nitrogens is 5. The highest BCUT2D eigenvalue weighted by molar-refractivity contribution is 6.42. The van der Waals surface area contributed by atoms with Gasteiger partial charge in [-0.2, -0.15) is 0 Å². The lowest BCUT2D eigenvalue weighted by molar-refractivity contribution is 0.0589. The van der Waals surface area contributed by atoms with Crippen molar-refractivity contribution in [2.45, 2.75) is 13.5 Å². The zero-order valence-corrected chi connectivity index (χ0v) is 16.7. The van der Waals surface area contributed by atoms with E-state index in [-0.39, 0.29) is 17.3 Å². The summed E-state index contributed by atoms with van der Waals surface area (Å²) in [5.74, 6) is -0.869. The molecule has 0 saturated heterocycles. The van der Waals surface area contributed by atoms with E-state index in [2.05, 4.69) is 25.3 Å². The lowest BCUT2D eigenvalue weighted by Crippen LogP contribution is -2.18. The summed E-state index contributed by atoms with van der Waals surface area (Å²) in [7, 11) is 2.85. The maximum atomic E-state index is 12.6. The van der Waals surface area contributed by atoms with E-state index in [4.69, 9.17) is 23.2 Å². The molecule has 0 unspecified atom stereocenters. The Labute approximate surface area is 170 Å². The number of nitrogens with one attached hydrogen (secondary N) is 1. The number of carbonyl (C=O) groups is 2. The second kappa shape index (κ2) is 7.99. The third-order valence-electron chi connectivity index (χ3n) is 4.12. The predicted octanol–water partition coefficient (Wildman–Crippen LogP) is 2.71. The van der Waals surface area contributed by atoms with Crippen LogP contribution in [0.1, 0.15) is 32.2 Å². The summed E-state index contributed by atoms with van der Waals surface area (Å²) in [5.41, 5.74) is 1.77. The standard InChI is InChI=1S/C17H16Cl2N6O3/c1-9-14(15(26)21-17-20-7-13(24(17)2)16(27)28-3)22-23-25(9)8-10-4-5-11(18)12(19)6-10/h4-7H,8H2,1-3H3,(H,20,21,26). The number of anilines is 1. The van der Waals surface area contributed by atoms with Crippen molar-refractivity contribution in [1.82, 2.24) is 24.5 Å². The van der Waals surface area contributed by atoms with E-state index in [9.17, 15) is 9.59 Å². The number of nitrogens with zero attached hydrogens (tertiary/aromatic N) is 5. The fourth-order valence-corrected chi connectivity index (χ4v) is 2.83. The van der Waals surface area contributed by atoms with Gasteiger partial charge in [-0.05, 0) is 24.6 Å². The van der Waals surface area contributed by atoms with Crippen molar-refractivity contribution in [3.63, 3.8) is 0 Å². The Bertz CT molecular complexity index is 1060. The van der Waals surface area contributed by atoms with Gasteiger partial charge >= 0.3 is 5.97 Å². The number of esters is 1. The average molecular weight is 423 g/mol. The molecule has 1 aromatic carbocycles. The predicted molar refractivity (Wildman–Crippen MR) is 103 cm³/mol. The van der Waals surface area contributed by atoms with Crippen LogP contribution < -0.4 is 5.32 Å². The molecular weight excluding hydrogens is 407 g/mol. The van der Waals surface area contributed by atoms with E-state index in [1.807, 2.05) is 6.07 Å². The van der Waals surface area contributed by atoms with Crippen LogP contribution in [0.15, 0.2) is 24.4 Å². The molecule has 28 heavy (non-hydrogen) atoms. The number of halogens is 2. The average Bonchev–Trinajstić information content (AvgIpc) is 3.21. The first-order chi connectivity index (χ1) is 13.3. The van der Waals surface area contributed by atoms with Crippen LogP contribution in [0.4, 0.5) is 5.95 Å². The van der Waals surface area contributed by atoms with E-state index >= 15 is 0 Å². The van der Waals surface area contributed by atoms with E-state index in [1.54, 1.807) is 30.8 Å². The molecule has 2 aromatic heterocycles. The number of amides is 1. The maximum absolute atomic E-state index is 12.6. The van der Waals surface area contributed by atoms with E-state index in [0.717, 1.165) is 5.56 Å². The Morgan fingerprint density at radius 1 is 1.25 bits per heavy atom. The lowest BCUT2D eigenvalue weighted by atomic mass is 10.2. The van der Waals surface area contributed by atoms with Crippen LogP contribution in [0.3, 0.4) is 0 Å². The highest BCUT2D eigenvalue weighted by Crippen LogP contribution is 2.23. The minimum absolute atomic E-state index is 0.141. The van der Waals surface area contributed by atoms with Crippen molar-refractivity contribution in [3.8, 4) is 0 Å². The molecule has 1 amide bonds. The van der Waals surface area contributed by atoms with Crippen molar-refractivity contribution in [1.29, 1.82) is 0 Å². The van der Waals surface area contributed by atoms with Crippen LogP contribution in [0.2, 0.25) is 10.0 Å². The second-order valence-electron chi connectivity index (χ2n) is 5.90. The smallest absolute Gasteiger partial charge is 0.356 e. The van der Waals surface area contributed by atoms with Crippen molar-refractivity contribution in [2.24, 2.45) is 7.05 Å². The van der Waals surface area contributed by atoms with Gasteiger partial charge in [0.1, 0.15) is 5.69 Å². The maximum Gasteiger partial charge on any atom is 0.356 e. The first-order valence-corrected chi connectivity index (χ1v) is 8.82. The van der Waals surface area contributed by atoms with Gasteiger partial charge in [-0.25, -0.2) is 14.5 Å². The van der Waals surface area contributed by atoms with Gasteiger partial charge in [0.15, 0.2) is 5.69 Å². The molecule has 146 valence electrons. The van der Waals surface area contributed by atoms with Crippen molar-refractivity contribution in [2.75, 3.05) is 12.4 Å². The molecule has 0 aliphatic rings. The number of rotatable bonds is 5. The summed E-state index contributed by atoms with van der Waals surface area (Å²) in [6.45, 7) is 2.10. The summed E-state index contributed by atoms with van der Waals surface area (Å²) in [6.07, 6.45) is 1.31.